The lowest BCUT2D eigenvalue weighted by Crippen LogP contribution is -2.14. The zero-order valence-corrected chi connectivity index (χ0v) is 17.4. The van der Waals surface area contributed by atoms with Crippen LogP contribution in [0.1, 0.15) is 33.1 Å². The Bertz CT molecular complexity index is 1140. The molecule has 0 atom stereocenters. The van der Waals surface area contributed by atoms with E-state index in [-0.39, 0.29) is 5.91 Å². The number of rotatable bonds is 7. The van der Waals surface area contributed by atoms with Gasteiger partial charge in [0.1, 0.15) is 10.8 Å². The van der Waals surface area contributed by atoms with Crippen molar-refractivity contribution in [2.45, 2.75) is 31.2 Å². The highest BCUT2D eigenvalue weighted by Crippen LogP contribution is 2.27. The number of nitrogens with one attached hydrogen (secondary N) is 1. The number of amides is 1. The highest BCUT2D eigenvalue weighted by atomic mass is 32.2. The molecule has 0 spiro atoms. The lowest BCUT2D eigenvalue weighted by Gasteiger charge is -2.08. The molecular weight excluding hydrogens is 400 g/mol. The van der Waals surface area contributed by atoms with Crippen LogP contribution in [0.4, 0.5) is 5.82 Å². The second kappa shape index (κ2) is 8.91. The Kier molecular flexibility index (Phi) is 5.89. The summed E-state index contributed by atoms with van der Waals surface area (Å²) in [7, 11) is 0. The Morgan fingerprint density at radius 1 is 1.13 bits per heavy atom. The van der Waals surface area contributed by atoms with E-state index in [0.29, 0.717) is 28.7 Å². The second-order valence-electron chi connectivity index (χ2n) is 6.62. The van der Waals surface area contributed by atoms with Gasteiger partial charge in [-0.2, -0.15) is 5.10 Å². The summed E-state index contributed by atoms with van der Waals surface area (Å²) in [4.78, 5) is 21.5. The molecule has 4 aromatic heterocycles. The number of aromatic nitrogens is 5. The standard InChI is InChI=1S/C21H20N6O2S/c1-14-18(15(2)29-26-14)13-30-21-17(7-5-10-23-21)20(28)24-19-8-11-27(25-19)12-16-6-3-4-9-22-16/h3-11H,12-13H2,1-2H3,(H,24,25,28). The van der Waals surface area contributed by atoms with E-state index in [1.807, 2.05) is 32.0 Å². The van der Waals surface area contributed by atoms with Crippen LogP contribution >= 0.6 is 11.8 Å². The summed E-state index contributed by atoms with van der Waals surface area (Å²) in [6.07, 6.45) is 5.22. The SMILES string of the molecule is Cc1noc(C)c1CSc1ncccc1C(=O)Nc1ccn(Cc2ccccn2)n1. The van der Waals surface area contributed by atoms with Crippen molar-refractivity contribution in [2.24, 2.45) is 0 Å². The van der Waals surface area contributed by atoms with E-state index in [0.717, 1.165) is 22.7 Å². The molecule has 0 aliphatic rings. The molecule has 0 aliphatic heterocycles. The third kappa shape index (κ3) is 4.57. The number of nitrogens with zero attached hydrogens (tertiary/aromatic N) is 5. The topological polar surface area (TPSA) is 98.7 Å². The molecule has 0 fully saturated rings. The van der Waals surface area contributed by atoms with Crippen LogP contribution in [0.15, 0.2) is 64.5 Å². The van der Waals surface area contributed by atoms with Crippen LogP contribution in [0.25, 0.3) is 0 Å². The van der Waals surface area contributed by atoms with Crippen LogP contribution in [0.2, 0.25) is 0 Å². The summed E-state index contributed by atoms with van der Waals surface area (Å²) in [6, 6.07) is 11.0. The van der Waals surface area contributed by atoms with Crippen LogP contribution in [0, 0.1) is 13.8 Å². The predicted molar refractivity (Wildman–Crippen MR) is 113 cm³/mol. The number of pyridine rings is 2. The first-order valence-electron chi connectivity index (χ1n) is 9.34. The van der Waals surface area contributed by atoms with Gasteiger partial charge in [0.05, 0.1) is 23.5 Å². The van der Waals surface area contributed by atoms with E-state index in [4.69, 9.17) is 4.52 Å². The van der Waals surface area contributed by atoms with Gasteiger partial charge in [0, 0.05) is 36.0 Å². The van der Waals surface area contributed by atoms with Crippen molar-refractivity contribution in [3.8, 4) is 0 Å². The van der Waals surface area contributed by atoms with Crippen LogP contribution in [0.5, 0.6) is 0 Å². The van der Waals surface area contributed by atoms with Gasteiger partial charge in [0.2, 0.25) is 0 Å². The van der Waals surface area contributed by atoms with Crippen LogP contribution < -0.4 is 5.32 Å². The molecule has 152 valence electrons. The summed E-state index contributed by atoms with van der Waals surface area (Å²) >= 11 is 1.47. The lowest BCUT2D eigenvalue weighted by atomic mass is 10.2. The minimum absolute atomic E-state index is 0.257. The molecule has 4 aromatic rings. The summed E-state index contributed by atoms with van der Waals surface area (Å²) in [5, 5.41) is 11.9. The molecule has 0 aliphatic carbocycles. The molecule has 30 heavy (non-hydrogen) atoms. The number of hydrogen-bond acceptors (Lipinski definition) is 7. The van der Waals surface area contributed by atoms with Crippen molar-refractivity contribution >= 4 is 23.5 Å². The minimum atomic E-state index is -0.257. The quantitative estimate of drug-likeness (QED) is 0.453. The number of aryl methyl sites for hydroxylation is 2. The average Bonchev–Trinajstić information content (AvgIpc) is 3.33. The van der Waals surface area contributed by atoms with Crippen molar-refractivity contribution in [3.05, 3.63) is 83.3 Å². The predicted octanol–water partition coefficient (Wildman–Crippen LogP) is 3.87. The van der Waals surface area contributed by atoms with Crippen molar-refractivity contribution in [1.29, 1.82) is 0 Å². The molecule has 9 heteroatoms. The van der Waals surface area contributed by atoms with Gasteiger partial charge < -0.3 is 9.84 Å². The smallest absolute Gasteiger partial charge is 0.259 e. The zero-order valence-electron chi connectivity index (χ0n) is 16.6. The van der Waals surface area contributed by atoms with Crippen molar-refractivity contribution in [1.82, 2.24) is 24.9 Å². The molecule has 4 heterocycles. The van der Waals surface area contributed by atoms with Gasteiger partial charge in [-0.25, -0.2) is 4.98 Å². The monoisotopic (exact) mass is 420 g/mol. The molecule has 0 saturated carbocycles. The molecule has 0 bridgehead atoms. The summed E-state index contributed by atoms with van der Waals surface area (Å²) in [6.45, 7) is 4.31. The third-order valence-corrected chi connectivity index (χ3v) is 5.51. The van der Waals surface area contributed by atoms with Gasteiger partial charge in [-0.1, -0.05) is 11.2 Å². The van der Waals surface area contributed by atoms with Gasteiger partial charge in [-0.05, 0) is 38.1 Å². The fraction of sp³-hybridized carbons (Fsp3) is 0.190. The van der Waals surface area contributed by atoms with E-state index < -0.39 is 0 Å². The normalized spacial score (nSPS) is 10.9. The largest absolute Gasteiger partial charge is 0.361 e. The molecule has 1 amide bonds. The Morgan fingerprint density at radius 3 is 2.77 bits per heavy atom. The fourth-order valence-electron chi connectivity index (χ4n) is 2.88. The van der Waals surface area contributed by atoms with E-state index in [1.165, 1.54) is 11.8 Å². The maximum absolute atomic E-state index is 12.8. The van der Waals surface area contributed by atoms with E-state index >= 15 is 0 Å². The molecule has 0 radical (unpaired) electrons. The first kappa shape index (κ1) is 19.8. The van der Waals surface area contributed by atoms with Gasteiger partial charge in [0.25, 0.3) is 5.91 Å². The van der Waals surface area contributed by atoms with Gasteiger partial charge >= 0.3 is 0 Å². The van der Waals surface area contributed by atoms with Crippen LogP contribution in [-0.2, 0) is 12.3 Å². The highest BCUT2D eigenvalue weighted by Gasteiger charge is 2.16. The molecular formula is C21H20N6O2S. The first-order valence-corrected chi connectivity index (χ1v) is 10.3. The number of thioether (sulfide) groups is 1. The minimum Gasteiger partial charge on any atom is -0.361 e. The maximum Gasteiger partial charge on any atom is 0.259 e. The Labute approximate surface area is 177 Å². The van der Waals surface area contributed by atoms with E-state index in [1.54, 1.807) is 41.5 Å². The molecule has 1 N–H and O–H groups in total. The third-order valence-electron chi connectivity index (χ3n) is 4.48. The maximum atomic E-state index is 12.8. The first-order chi connectivity index (χ1) is 14.6. The number of hydrogen-bond donors (Lipinski definition) is 1. The molecule has 4 rings (SSSR count). The van der Waals surface area contributed by atoms with Crippen LogP contribution in [0.3, 0.4) is 0 Å². The molecule has 8 nitrogen and oxygen atoms in total. The number of carbonyl (C=O) groups is 1. The van der Waals surface area contributed by atoms with E-state index in [2.05, 4.69) is 25.5 Å². The molecule has 0 unspecified atom stereocenters. The zero-order chi connectivity index (χ0) is 20.9. The summed E-state index contributed by atoms with van der Waals surface area (Å²) in [5.74, 6) is 1.62. The Balaban J connectivity index is 1.44. The highest BCUT2D eigenvalue weighted by molar-refractivity contribution is 7.98. The fourth-order valence-corrected chi connectivity index (χ4v) is 4.03. The Hall–Kier alpha value is -3.46. The second-order valence-corrected chi connectivity index (χ2v) is 7.59. The lowest BCUT2D eigenvalue weighted by molar-refractivity contribution is 0.102. The summed E-state index contributed by atoms with van der Waals surface area (Å²) < 4.78 is 6.94. The number of carbonyl (C=O) groups excluding carboxylic acids is 1. The average molecular weight is 420 g/mol. The van der Waals surface area contributed by atoms with Crippen molar-refractivity contribution < 1.29 is 9.32 Å². The van der Waals surface area contributed by atoms with E-state index in [9.17, 15) is 4.79 Å². The number of anilines is 1. The Morgan fingerprint density at radius 2 is 2.00 bits per heavy atom. The van der Waals surface area contributed by atoms with Gasteiger partial charge in [-0.3, -0.25) is 14.5 Å². The van der Waals surface area contributed by atoms with Crippen molar-refractivity contribution in [3.63, 3.8) is 0 Å². The van der Waals surface area contributed by atoms with Gasteiger partial charge in [-0.15, -0.1) is 11.8 Å². The van der Waals surface area contributed by atoms with Crippen LogP contribution in [-0.4, -0.2) is 30.8 Å². The molecule has 0 saturated heterocycles. The summed E-state index contributed by atoms with van der Waals surface area (Å²) in [5.41, 5.74) is 3.25. The molecule has 0 aromatic carbocycles. The van der Waals surface area contributed by atoms with Crippen molar-refractivity contribution in [2.75, 3.05) is 5.32 Å². The van der Waals surface area contributed by atoms with Gasteiger partial charge in [0.15, 0.2) is 5.82 Å².